The standard InChI is InChI=1S/C37H41ClN6O5Si/c1-23-35(50(2,3)48)33(13-15-43-22-28(14-16-45)41-42-43)49-37(23)30-19-26(38)11-12-32(30)44(36(37)47)21-24-7-6-8-27(17-24)40-34(46)18-25-20-39-31-10-5-4-9-29(25)31/h4-12,17,19-20,22-23,33,35,39,45,48H,13-16,18,21H2,1-3H3,(H,40,46)/t23-,33+,35-,37+/m0/s1. The molecule has 1 fully saturated rings. The van der Waals surface area contributed by atoms with Crippen molar-refractivity contribution in [3.8, 4) is 0 Å². The Labute approximate surface area is 296 Å². The van der Waals surface area contributed by atoms with Crippen molar-refractivity contribution in [3.05, 3.63) is 107 Å². The first-order chi connectivity index (χ1) is 24.0. The van der Waals surface area contributed by atoms with E-state index in [-0.39, 0.29) is 42.8 Å². The number of carbonyl (C=O) groups is 2. The van der Waals surface area contributed by atoms with Gasteiger partial charge < -0.3 is 29.8 Å². The molecule has 1 saturated heterocycles. The zero-order chi connectivity index (χ0) is 35.2. The molecule has 7 rings (SSSR count). The largest absolute Gasteiger partial charge is 0.432 e. The van der Waals surface area contributed by atoms with Crippen LogP contribution < -0.4 is 10.2 Å². The van der Waals surface area contributed by atoms with Crippen molar-refractivity contribution in [2.45, 2.75) is 69.6 Å². The molecule has 11 nitrogen and oxygen atoms in total. The number of rotatable bonds is 11. The molecule has 0 aliphatic carbocycles. The summed E-state index contributed by atoms with van der Waals surface area (Å²) in [5.74, 6) is -0.683. The van der Waals surface area contributed by atoms with Gasteiger partial charge in [0.15, 0.2) is 13.9 Å². The third-order valence-electron chi connectivity index (χ3n) is 10.1. The van der Waals surface area contributed by atoms with E-state index in [0.717, 1.165) is 22.0 Å². The molecular formula is C37H41ClN6O5Si. The number of aromatic nitrogens is 4. The molecule has 2 amide bonds. The van der Waals surface area contributed by atoms with Gasteiger partial charge in [0.1, 0.15) is 0 Å². The predicted octanol–water partition coefficient (Wildman–Crippen LogP) is 5.56. The molecular weight excluding hydrogens is 672 g/mol. The van der Waals surface area contributed by atoms with E-state index in [1.807, 2.05) is 86.9 Å². The number of nitrogens with zero attached hydrogens (tertiary/aromatic N) is 4. The quantitative estimate of drug-likeness (QED) is 0.131. The van der Waals surface area contributed by atoms with Gasteiger partial charge in [-0.1, -0.05) is 54.1 Å². The van der Waals surface area contributed by atoms with Crippen molar-refractivity contribution in [1.82, 2.24) is 20.0 Å². The lowest BCUT2D eigenvalue weighted by Gasteiger charge is -2.32. The second-order valence-electron chi connectivity index (χ2n) is 13.9. The number of para-hydroxylation sites is 1. The molecule has 5 aromatic rings. The monoisotopic (exact) mass is 712 g/mol. The van der Waals surface area contributed by atoms with Crippen molar-refractivity contribution in [2.24, 2.45) is 5.92 Å². The summed E-state index contributed by atoms with van der Waals surface area (Å²) in [7, 11) is -2.86. The van der Waals surface area contributed by atoms with E-state index >= 15 is 0 Å². The number of aliphatic hydroxyl groups is 1. The summed E-state index contributed by atoms with van der Waals surface area (Å²) < 4.78 is 8.63. The average molecular weight is 713 g/mol. The number of fused-ring (bicyclic) bond motifs is 3. The Bertz CT molecular complexity index is 2060. The topological polar surface area (TPSA) is 146 Å². The maximum Gasteiger partial charge on any atom is 0.264 e. The lowest BCUT2D eigenvalue weighted by molar-refractivity contribution is -0.146. The fraction of sp³-hybridized carbons (Fsp3) is 0.351. The number of anilines is 2. The maximum atomic E-state index is 14.8. The summed E-state index contributed by atoms with van der Waals surface area (Å²) in [5.41, 5.74) is 3.89. The van der Waals surface area contributed by atoms with Crippen molar-refractivity contribution in [1.29, 1.82) is 0 Å². The zero-order valence-electron chi connectivity index (χ0n) is 28.3. The summed E-state index contributed by atoms with van der Waals surface area (Å²) >= 11 is 6.57. The first-order valence-electron chi connectivity index (χ1n) is 16.9. The molecule has 260 valence electrons. The summed E-state index contributed by atoms with van der Waals surface area (Å²) in [6, 6.07) is 20.9. The normalized spacial score (nSPS) is 21.8. The lowest BCUT2D eigenvalue weighted by Crippen LogP contribution is -2.46. The minimum absolute atomic E-state index is 0.0118. The van der Waals surface area contributed by atoms with E-state index in [4.69, 9.17) is 16.3 Å². The lowest BCUT2D eigenvalue weighted by atomic mass is 9.82. The van der Waals surface area contributed by atoms with Gasteiger partial charge in [0.25, 0.3) is 5.91 Å². The Kier molecular flexibility index (Phi) is 9.16. The van der Waals surface area contributed by atoms with Crippen molar-refractivity contribution in [3.63, 3.8) is 0 Å². The molecule has 50 heavy (non-hydrogen) atoms. The van der Waals surface area contributed by atoms with E-state index in [1.165, 1.54) is 0 Å². The Morgan fingerprint density at radius 1 is 1.14 bits per heavy atom. The molecule has 0 saturated carbocycles. The summed E-state index contributed by atoms with van der Waals surface area (Å²) in [4.78, 5) is 44.5. The van der Waals surface area contributed by atoms with E-state index < -0.39 is 20.0 Å². The van der Waals surface area contributed by atoms with E-state index in [2.05, 4.69) is 20.6 Å². The second-order valence-corrected chi connectivity index (χ2v) is 18.3. The SMILES string of the molecule is C[C@H]1[C@H]([Si](C)(C)O)[C@@H](CCn2cc(CCO)nn2)O[C@]12C(=O)N(Cc1cccc(NC(=O)Cc3c[nH]c4ccccc34)c1)c1ccc(Cl)cc12. The molecule has 0 bridgehead atoms. The fourth-order valence-electron chi connectivity index (χ4n) is 8.00. The Morgan fingerprint density at radius 2 is 1.96 bits per heavy atom. The minimum Gasteiger partial charge on any atom is -0.432 e. The highest BCUT2D eigenvalue weighted by atomic mass is 35.5. The molecule has 4 N–H and O–H groups in total. The molecule has 0 unspecified atom stereocenters. The molecule has 2 aromatic heterocycles. The van der Waals surface area contributed by atoms with Gasteiger partial charge in [-0.2, -0.15) is 0 Å². The van der Waals surface area contributed by atoms with E-state index in [1.54, 1.807) is 21.8 Å². The molecule has 4 heterocycles. The number of hydrogen-bond donors (Lipinski definition) is 4. The van der Waals surface area contributed by atoms with Crippen molar-refractivity contribution in [2.75, 3.05) is 16.8 Å². The van der Waals surface area contributed by atoms with Gasteiger partial charge in [0.05, 0.1) is 30.5 Å². The highest BCUT2D eigenvalue weighted by Gasteiger charge is 2.66. The van der Waals surface area contributed by atoms with Crippen LogP contribution in [0.5, 0.6) is 0 Å². The number of aryl methyl sites for hydroxylation is 1. The van der Waals surface area contributed by atoms with Gasteiger partial charge in [-0.3, -0.25) is 14.3 Å². The fourth-order valence-corrected chi connectivity index (χ4v) is 10.8. The number of benzene rings is 3. The van der Waals surface area contributed by atoms with E-state index in [0.29, 0.717) is 47.0 Å². The number of hydrogen-bond acceptors (Lipinski definition) is 7. The van der Waals surface area contributed by atoms with Crippen LogP contribution in [0.4, 0.5) is 11.4 Å². The van der Waals surface area contributed by atoms with Crippen LogP contribution in [-0.2, 0) is 45.9 Å². The smallest absolute Gasteiger partial charge is 0.264 e. The molecule has 2 aliphatic heterocycles. The second kappa shape index (κ2) is 13.4. The number of halogens is 1. The number of nitrogens with one attached hydrogen (secondary N) is 2. The van der Waals surface area contributed by atoms with Crippen LogP contribution in [0.15, 0.2) is 79.1 Å². The van der Waals surface area contributed by atoms with Crippen LogP contribution in [0.1, 0.15) is 35.7 Å². The molecule has 2 aliphatic rings. The van der Waals surface area contributed by atoms with Crippen molar-refractivity contribution < 1.29 is 24.2 Å². The highest BCUT2D eigenvalue weighted by Crippen LogP contribution is 2.60. The molecule has 1 spiro atoms. The average Bonchev–Trinajstić information content (AvgIpc) is 3.82. The van der Waals surface area contributed by atoms with Crippen LogP contribution in [0, 0.1) is 5.92 Å². The van der Waals surface area contributed by atoms with Crippen LogP contribution in [0.2, 0.25) is 23.7 Å². The minimum atomic E-state index is -2.86. The van der Waals surface area contributed by atoms with Gasteiger partial charge in [-0.15, -0.1) is 5.10 Å². The summed E-state index contributed by atoms with van der Waals surface area (Å²) in [5, 5.41) is 22.1. The molecule has 3 aromatic carbocycles. The van der Waals surface area contributed by atoms with Gasteiger partial charge >= 0.3 is 0 Å². The maximum absolute atomic E-state index is 14.8. The number of H-pyrrole nitrogens is 1. The van der Waals surface area contributed by atoms with Crippen LogP contribution >= 0.6 is 11.6 Å². The summed E-state index contributed by atoms with van der Waals surface area (Å²) in [6.45, 7) is 6.51. The first-order valence-corrected chi connectivity index (χ1v) is 20.3. The van der Waals surface area contributed by atoms with Crippen LogP contribution in [0.25, 0.3) is 10.9 Å². The number of aliphatic hydroxyl groups excluding tert-OH is 1. The van der Waals surface area contributed by atoms with Gasteiger partial charge in [-0.25, -0.2) is 0 Å². The van der Waals surface area contributed by atoms with Gasteiger partial charge in [-0.05, 0) is 67.0 Å². The van der Waals surface area contributed by atoms with Crippen LogP contribution in [0.3, 0.4) is 0 Å². The van der Waals surface area contributed by atoms with E-state index in [9.17, 15) is 19.5 Å². The summed E-state index contributed by atoms with van der Waals surface area (Å²) in [6.07, 6.45) is 4.40. The number of amides is 2. The highest BCUT2D eigenvalue weighted by molar-refractivity contribution is 6.71. The first kappa shape index (κ1) is 34.1. The number of carbonyl (C=O) groups excluding carboxylic acids is 2. The third-order valence-corrected chi connectivity index (χ3v) is 12.9. The van der Waals surface area contributed by atoms with Crippen molar-refractivity contribution >= 4 is 54.0 Å². The Hall–Kier alpha value is -4.33. The zero-order valence-corrected chi connectivity index (χ0v) is 30.0. The Balaban J connectivity index is 1.13. The van der Waals surface area contributed by atoms with Gasteiger partial charge in [0.2, 0.25) is 5.91 Å². The predicted molar refractivity (Wildman–Crippen MR) is 194 cm³/mol. The van der Waals surface area contributed by atoms with Gasteiger partial charge in [0, 0.05) is 70.6 Å². The molecule has 0 radical (unpaired) electrons. The number of aromatic amines is 1. The third kappa shape index (κ3) is 6.26. The molecule has 4 atom stereocenters. The van der Waals surface area contributed by atoms with Crippen LogP contribution in [-0.4, -0.2) is 62.7 Å². The number of ether oxygens (including phenoxy) is 1. The Morgan fingerprint density at radius 3 is 2.76 bits per heavy atom. The molecule has 13 heteroatoms.